The summed E-state index contributed by atoms with van der Waals surface area (Å²) in [6, 6.07) is 10.7. The van der Waals surface area contributed by atoms with Crippen molar-refractivity contribution in [3.63, 3.8) is 0 Å². The van der Waals surface area contributed by atoms with E-state index in [-0.39, 0.29) is 0 Å². The molecule has 3 nitrogen and oxygen atoms in total. The van der Waals surface area contributed by atoms with Crippen LogP contribution in [0.4, 0.5) is 0 Å². The van der Waals surface area contributed by atoms with Crippen LogP contribution in [0.25, 0.3) is 0 Å². The summed E-state index contributed by atoms with van der Waals surface area (Å²) in [7, 11) is 1.82. The molecular weight excluding hydrogens is 683 g/mol. The van der Waals surface area contributed by atoms with Crippen molar-refractivity contribution in [2.75, 3.05) is 40.0 Å². The molecule has 28 unspecified atom stereocenters. The van der Waals surface area contributed by atoms with Crippen LogP contribution in [0.2, 0.25) is 0 Å². The van der Waals surface area contributed by atoms with Crippen LogP contribution in [0.15, 0.2) is 46.6 Å². The van der Waals surface area contributed by atoms with Crippen molar-refractivity contribution in [2.45, 2.75) is 64.3 Å². The third-order valence-corrected chi connectivity index (χ3v) is 25.3. The Labute approximate surface area is 334 Å². The van der Waals surface area contributed by atoms with Gasteiger partial charge in [-0.25, -0.2) is 0 Å². The van der Waals surface area contributed by atoms with Gasteiger partial charge in [0.15, 0.2) is 0 Å². The normalized spacial score (nSPS) is 65.5. The fraction of sp³-hybridized carbons (Fsp3) is 0.811. The van der Waals surface area contributed by atoms with Gasteiger partial charge in [0, 0.05) is 43.5 Å². The second kappa shape index (κ2) is 9.39. The molecule has 56 heavy (non-hydrogen) atoms. The molecule has 1 aromatic carbocycles. The maximum Gasteiger partial charge on any atom is 0.0700 e. The highest BCUT2D eigenvalue weighted by Crippen LogP contribution is 2.93. The Balaban J connectivity index is 0.912. The number of rotatable bonds is 7. The summed E-state index contributed by atoms with van der Waals surface area (Å²) in [4.78, 5) is 3.09. The zero-order valence-corrected chi connectivity index (χ0v) is 33.9. The molecule has 0 bridgehead atoms. The van der Waals surface area contributed by atoms with E-state index in [2.05, 4.69) is 58.4 Å². The Kier molecular flexibility index (Phi) is 5.13. The van der Waals surface area contributed by atoms with Crippen LogP contribution in [0.5, 0.6) is 0 Å². The van der Waals surface area contributed by atoms with E-state index >= 15 is 0 Å². The highest BCUT2D eigenvalue weighted by molar-refractivity contribution is 5.56. The van der Waals surface area contributed by atoms with Gasteiger partial charge in [-0.05, 0) is 206 Å². The largest absolute Gasteiger partial charge is 0.382 e. The van der Waals surface area contributed by atoms with Gasteiger partial charge in [0.25, 0.3) is 0 Å². The number of hydrogen-bond donors (Lipinski definition) is 0. The predicted molar refractivity (Wildman–Crippen MR) is 212 cm³/mol. The van der Waals surface area contributed by atoms with Gasteiger partial charge in [-0.1, -0.05) is 52.1 Å². The molecule has 13 saturated carbocycles. The van der Waals surface area contributed by atoms with E-state index in [0.717, 1.165) is 150 Å². The van der Waals surface area contributed by atoms with Gasteiger partial charge in [0.2, 0.25) is 0 Å². The molecule has 14 fully saturated rings. The molecule has 0 N–H and O–H groups in total. The molecule has 0 radical (unpaired) electrons. The van der Waals surface area contributed by atoms with Crippen molar-refractivity contribution in [3.8, 4) is 0 Å². The molecule has 1 heterocycles. The fourth-order valence-electron chi connectivity index (χ4n) is 26.5. The van der Waals surface area contributed by atoms with E-state index in [1.165, 1.54) is 48.6 Å². The molecule has 3 heteroatoms. The summed E-state index contributed by atoms with van der Waals surface area (Å²) >= 11 is 0. The van der Waals surface area contributed by atoms with Crippen LogP contribution in [0, 0.1) is 166 Å². The van der Waals surface area contributed by atoms with E-state index < -0.39 is 0 Å². The Morgan fingerprint density at radius 2 is 1.32 bits per heavy atom. The number of ether oxygens (including phenoxy) is 2. The van der Waals surface area contributed by atoms with Crippen LogP contribution in [0.1, 0.15) is 68.5 Å². The summed E-state index contributed by atoms with van der Waals surface area (Å²) in [5.41, 5.74) is 12.3. The number of allylic oxidation sites excluding steroid dienone is 3. The van der Waals surface area contributed by atoms with Crippen molar-refractivity contribution in [1.82, 2.24) is 4.90 Å². The first-order valence-corrected chi connectivity index (χ1v) is 25.0. The van der Waals surface area contributed by atoms with E-state index in [4.69, 9.17) is 9.47 Å². The van der Waals surface area contributed by atoms with Gasteiger partial charge in [0.1, 0.15) is 0 Å². The van der Waals surface area contributed by atoms with Gasteiger partial charge < -0.3 is 9.47 Å². The first-order chi connectivity index (χ1) is 27.7. The lowest BCUT2D eigenvalue weighted by molar-refractivity contribution is -0.149. The number of likely N-dealkylation sites (tertiary alicyclic amines) is 1. The predicted octanol–water partition coefficient (Wildman–Crippen LogP) is 8.95. The van der Waals surface area contributed by atoms with Gasteiger partial charge in [-0.15, -0.1) is 0 Å². The molecule has 0 amide bonds. The second-order valence-electron chi connectivity index (χ2n) is 25.2. The van der Waals surface area contributed by atoms with Gasteiger partial charge in [0.05, 0.1) is 19.8 Å². The van der Waals surface area contributed by atoms with E-state index in [1.807, 2.05) is 7.11 Å². The summed E-state index contributed by atoms with van der Waals surface area (Å²) in [6.07, 6.45) is 12.9. The number of methoxy groups -OCH3 is 1. The molecule has 1 aromatic rings. The third kappa shape index (κ3) is 2.82. The minimum atomic E-state index is 0.419. The Hall–Kier alpha value is -1.42. The molecule has 16 aliphatic carbocycles. The second-order valence-corrected chi connectivity index (χ2v) is 25.2. The van der Waals surface area contributed by atoms with Gasteiger partial charge in [-0.3, -0.25) is 4.90 Å². The van der Waals surface area contributed by atoms with Crippen molar-refractivity contribution >= 4 is 0 Å². The number of aryl methyl sites for hydroxylation is 1. The molecule has 0 aromatic heterocycles. The Bertz CT molecular complexity index is 2130. The quantitative estimate of drug-likeness (QED) is 0.206. The van der Waals surface area contributed by atoms with Crippen LogP contribution in [-0.4, -0.2) is 44.9 Å². The summed E-state index contributed by atoms with van der Waals surface area (Å²) in [5.74, 6) is 28.1. The summed E-state index contributed by atoms with van der Waals surface area (Å²) < 4.78 is 11.8. The highest BCUT2D eigenvalue weighted by Gasteiger charge is 2.88. The maximum atomic E-state index is 6.39. The number of hydrogen-bond acceptors (Lipinski definition) is 3. The van der Waals surface area contributed by atoms with Gasteiger partial charge >= 0.3 is 0 Å². The minimum Gasteiger partial charge on any atom is -0.382 e. The molecule has 292 valence electrons. The summed E-state index contributed by atoms with van der Waals surface area (Å²) in [6.45, 7) is 7.08. The van der Waals surface area contributed by atoms with E-state index in [9.17, 15) is 0 Å². The molecule has 18 rings (SSSR count). The number of benzene rings is 1. The lowest BCUT2D eigenvalue weighted by Crippen LogP contribution is -2.59. The standard InChI is InChI=1S/C53H63NO2/c1-20-4-3-5-21(10-20)52-53-18-28-16-26-14-23-11-22-12-25-13-24-15-27-17-29(30(53)19-54(52)6-7-56-9-8-55-2)38-43-34(27)33(24)40-35(25)39-31(22)32(23)41-36(26)42-37(28)51(53)50(38)49-47(42)45(41)44(39)46(40)48(43)49/h3-5,10,22-26,28,30-33,35-37,39-52H,6-9,11-19H2,1-2H3. The van der Waals surface area contributed by atoms with Crippen molar-refractivity contribution in [1.29, 1.82) is 0 Å². The van der Waals surface area contributed by atoms with Crippen molar-refractivity contribution in [2.24, 2.45) is 159 Å². The smallest absolute Gasteiger partial charge is 0.0700 e. The number of fused-ring (bicyclic) bond motifs is 1. The average Bonchev–Trinajstić information content (AvgIpc) is 4.05. The lowest BCUT2D eigenvalue weighted by atomic mass is 9.41. The van der Waals surface area contributed by atoms with Gasteiger partial charge in [-0.2, -0.15) is 0 Å². The van der Waals surface area contributed by atoms with Crippen LogP contribution < -0.4 is 0 Å². The highest BCUT2D eigenvalue weighted by atomic mass is 16.5. The molecule has 1 saturated heterocycles. The van der Waals surface area contributed by atoms with Crippen molar-refractivity contribution < 1.29 is 9.47 Å². The lowest BCUT2D eigenvalue weighted by Gasteiger charge is -2.62. The zero-order valence-electron chi connectivity index (χ0n) is 33.9. The third-order valence-electron chi connectivity index (χ3n) is 25.3. The Morgan fingerprint density at radius 3 is 2.11 bits per heavy atom. The fourth-order valence-corrected chi connectivity index (χ4v) is 26.5. The number of nitrogens with zero attached hydrogens (tertiary/aromatic N) is 1. The maximum absolute atomic E-state index is 6.39. The molecule has 17 aliphatic rings. The van der Waals surface area contributed by atoms with Crippen LogP contribution in [0.3, 0.4) is 0 Å². The minimum absolute atomic E-state index is 0.419. The van der Waals surface area contributed by atoms with Crippen LogP contribution >= 0.6 is 0 Å². The molecule has 1 aliphatic heterocycles. The first-order valence-electron chi connectivity index (χ1n) is 25.0. The van der Waals surface area contributed by atoms with E-state index in [0.29, 0.717) is 18.1 Å². The topological polar surface area (TPSA) is 21.7 Å². The van der Waals surface area contributed by atoms with Crippen molar-refractivity contribution in [3.05, 3.63) is 57.7 Å². The first kappa shape index (κ1) is 30.6. The molecule has 28 atom stereocenters. The summed E-state index contributed by atoms with van der Waals surface area (Å²) in [5, 5.41) is 0. The van der Waals surface area contributed by atoms with E-state index in [1.54, 1.807) is 44.1 Å². The zero-order chi connectivity index (χ0) is 35.6. The monoisotopic (exact) mass is 745 g/mol. The molecular formula is C53H63NO2. The van der Waals surface area contributed by atoms with Crippen LogP contribution in [-0.2, 0) is 9.47 Å². The average molecular weight is 746 g/mol. The molecule has 1 spiro atoms. The Morgan fingerprint density at radius 1 is 0.661 bits per heavy atom. The SMILES string of the molecule is COCCOCCN1CC2C3=C4C5C6=C(C3)CC3CC7CC8CC9CC%10CC%11CC2(C2C4C4C5C5C(C63)C7C3C8C9C6C%10C(C4C6C35)C%112)C1c1cccc(C)c1.